The fourth-order valence-electron chi connectivity index (χ4n) is 4.69. The predicted molar refractivity (Wildman–Crippen MR) is 140 cm³/mol. The second kappa shape index (κ2) is 10.5. The van der Waals surface area contributed by atoms with Gasteiger partial charge in [0.15, 0.2) is 0 Å². The van der Waals surface area contributed by atoms with Crippen molar-refractivity contribution in [2.75, 3.05) is 0 Å². The van der Waals surface area contributed by atoms with Gasteiger partial charge in [-0.05, 0) is 64.6 Å². The molecule has 1 aliphatic rings. The molecular weight excluding hydrogens is 477 g/mol. The first-order valence-corrected chi connectivity index (χ1v) is 12.9. The van der Waals surface area contributed by atoms with Crippen LogP contribution in [0, 0.1) is 0 Å². The Morgan fingerprint density at radius 2 is 1.38 bits per heavy atom. The number of alkyl halides is 3. The number of rotatable bonds is 5. The van der Waals surface area contributed by atoms with Crippen molar-refractivity contribution in [3.05, 3.63) is 70.3 Å². The average molecular weight is 517 g/mol. The van der Waals surface area contributed by atoms with Crippen molar-refractivity contribution < 1.29 is 22.8 Å². The van der Waals surface area contributed by atoms with Crippen molar-refractivity contribution in [3.63, 3.8) is 0 Å². The second-order valence-corrected chi connectivity index (χ2v) is 12.3. The third-order valence-electron chi connectivity index (χ3n) is 7.13. The van der Waals surface area contributed by atoms with Crippen LogP contribution in [-0.4, -0.2) is 17.4 Å². The maximum Gasteiger partial charge on any atom is 0.416 e. The molecule has 37 heavy (non-hydrogen) atoms. The second-order valence-electron chi connectivity index (χ2n) is 12.3. The van der Waals surface area contributed by atoms with Crippen LogP contribution in [0.5, 0.6) is 0 Å². The van der Waals surface area contributed by atoms with Gasteiger partial charge < -0.3 is 10.6 Å². The van der Waals surface area contributed by atoms with Gasteiger partial charge in [-0.2, -0.15) is 13.2 Å². The molecule has 4 nitrogen and oxygen atoms in total. The van der Waals surface area contributed by atoms with E-state index < -0.39 is 17.3 Å². The van der Waals surface area contributed by atoms with Crippen LogP contribution in [0.25, 0.3) is 0 Å². The van der Waals surface area contributed by atoms with Crippen LogP contribution in [0.3, 0.4) is 0 Å². The normalized spacial score (nSPS) is 16.2. The van der Waals surface area contributed by atoms with Crippen LogP contribution >= 0.6 is 0 Å². The number of carbonyl (C=O) groups is 2. The Bertz CT molecular complexity index is 1100. The third kappa shape index (κ3) is 7.14. The zero-order chi connectivity index (χ0) is 27.6. The first-order chi connectivity index (χ1) is 17.0. The van der Waals surface area contributed by atoms with Gasteiger partial charge in [-0.25, -0.2) is 0 Å². The fourth-order valence-corrected chi connectivity index (χ4v) is 4.69. The van der Waals surface area contributed by atoms with Gasteiger partial charge in [0.1, 0.15) is 5.54 Å². The van der Waals surface area contributed by atoms with Gasteiger partial charge in [0.05, 0.1) is 5.56 Å². The van der Waals surface area contributed by atoms with E-state index in [0.717, 1.165) is 42.5 Å². The molecule has 2 aromatic rings. The summed E-state index contributed by atoms with van der Waals surface area (Å²) in [6.07, 6.45) is -0.951. The van der Waals surface area contributed by atoms with Gasteiger partial charge >= 0.3 is 6.18 Å². The highest BCUT2D eigenvalue weighted by molar-refractivity contribution is 5.99. The van der Waals surface area contributed by atoms with Crippen LogP contribution in [0.2, 0.25) is 0 Å². The molecule has 1 saturated carbocycles. The minimum absolute atomic E-state index is 0.0476. The molecule has 0 unspecified atom stereocenters. The molecule has 0 heterocycles. The number of hydrogen-bond donors (Lipinski definition) is 2. The molecule has 0 atom stereocenters. The van der Waals surface area contributed by atoms with Gasteiger partial charge in [0, 0.05) is 12.1 Å². The zero-order valence-electron chi connectivity index (χ0n) is 22.7. The molecule has 0 saturated heterocycles. The van der Waals surface area contributed by atoms with Crippen LogP contribution in [0.4, 0.5) is 13.2 Å². The minimum Gasteiger partial charge on any atom is -0.350 e. The van der Waals surface area contributed by atoms with Gasteiger partial charge in [-0.15, -0.1) is 0 Å². The minimum atomic E-state index is -4.45. The summed E-state index contributed by atoms with van der Waals surface area (Å²) < 4.78 is 39.3. The van der Waals surface area contributed by atoms with Gasteiger partial charge in [-0.3, -0.25) is 9.59 Å². The molecule has 2 amide bonds. The average Bonchev–Trinajstić information content (AvgIpc) is 2.81. The van der Waals surface area contributed by atoms with Crippen molar-refractivity contribution in [2.24, 2.45) is 0 Å². The Hall–Kier alpha value is -2.83. The highest BCUT2D eigenvalue weighted by Crippen LogP contribution is 2.33. The lowest BCUT2D eigenvalue weighted by atomic mass is 9.78. The van der Waals surface area contributed by atoms with Crippen molar-refractivity contribution in [2.45, 2.75) is 103 Å². The lowest BCUT2D eigenvalue weighted by molar-refractivity contribution is -0.137. The molecule has 1 fully saturated rings. The van der Waals surface area contributed by atoms with E-state index in [1.165, 1.54) is 6.07 Å². The van der Waals surface area contributed by atoms with E-state index in [9.17, 15) is 22.8 Å². The highest BCUT2D eigenvalue weighted by atomic mass is 19.4. The Morgan fingerprint density at radius 3 is 1.89 bits per heavy atom. The van der Waals surface area contributed by atoms with Crippen molar-refractivity contribution in [1.29, 1.82) is 0 Å². The summed E-state index contributed by atoms with van der Waals surface area (Å²) in [4.78, 5) is 27.0. The summed E-state index contributed by atoms with van der Waals surface area (Å²) >= 11 is 0. The van der Waals surface area contributed by atoms with Crippen molar-refractivity contribution >= 4 is 11.8 Å². The smallest absolute Gasteiger partial charge is 0.350 e. The van der Waals surface area contributed by atoms with Gasteiger partial charge in [-0.1, -0.05) is 79.0 Å². The summed E-state index contributed by atoms with van der Waals surface area (Å²) in [6.45, 7) is 12.5. The molecule has 1 aliphatic carbocycles. The number of amides is 2. The molecule has 202 valence electrons. The number of halogens is 3. The number of benzene rings is 2. The maximum atomic E-state index is 13.6. The molecule has 0 aromatic heterocycles. The summed E-state index contributed by atoms with van der Waals surface area (Å²) in [5, 5.41) is 5.84. The van der Waals surface area contributed by atoms with E-state index in [1.54, 1.807) is 6.07 Å². The summed E-state index contributed by atoms with van der Waals surface area (Å²) in [5.41, 5.74) is 0.752. The van der Waals surface area contributed by atoms with Crippen molar-refractivity contribution in [3.8, 4) is 0 Å². The first-order valence-electron chi connectivity index (χ1n) is 12.9. The van der Waals surface area contributed by atoms with E-state index in [4.69, 9.17) is 0 Å². The first kappa shape index (κ1) is 28.7. The number of nitrogens with one attached hydrogen (secondary N) is 2. The topological polar surface area (TPSA) is 58.2 Å². The van der Waals surface area contributed by atoms with Gasteiger partial charge in [0.25, 0.3) is 5.91 Å². The fraction of sp³-hybridized carbons (Fsp3) is 0.533. The number of hydrogen-bond acceptors (Lipinski definition) is 2. The third-order valence-corrected chi connectivity index (χ3v) is 7.13. The van der Waals surface area contributed by atoms with E-state index in [-0.39, 0.29) is 29.2 Å². The Morgan fingerprint density at radius 1 is 0.811 bits per heavy atom. The summed E-state index contributed by atoms with van der Waals surface area (Å²) in [6, 6.07) is 10.8. The molecule has 2 aromatic carbocycles. The lowest BCUT2D eigenvalue weighted by Gasteiger charge is -2.37. The SMILES string of the molecule is CC(C)(C)c1cc(C(=O)NC2(C(=O)NCc3cccc(C(F)(F)F)c3)CCCCC2)cc(C(C)(C)C)c1. The van der Waals surface area contributed by atoms with Crippen LogP contribution in [0.1, 0.15) is 106 Å². The number of carbonyl (C=O) groups excluding carboxylic acids is 2. The Balaban J connectivity index is 1.86. The maximum absolute atomic E-state index is 13.6. The predicted octanol–water partition coefficient (Wildman–Crippen LogP) is 7.05. The van der Waals surface area contributed by atoms with Crippen LogP contribution < -0.4 is 10.6 Å². The molecule has 0 aliphatic heterocycles. The zero-order valence-corrected chi connectivity index (χ0v) is 22.7. The molecular formula is C30H39F3N2O2. The summed E-state index contributed by atoms with van der Waals surface area (Å²) in [5.74, 6) is -0.672. The van der Waals surface area contributed by atoms with E-state index in [1.807, 2.05) is 12.1 Å². The Labute approximate surface area is 218 Å². The molecule has 2 N–H and O–H groups in total. The molecule has 3 rings (SSSR count). The molecule has 0 spiro atoms. The van der Waals surface area contributed by atoms with Crippen LogP contribution in [0.15, 0.2) is 42.5 Å². The largest absolute Gasteiger partial charge is 0.416 e. The van der Waals surface area contributed by atoms with E-state index >= 15 is 0 Å². The van der Waals surface area contributed by atoms with E-state index in [0.29, 0.717) is 24.0 Å². The highest BCUT2D eigenvalue weighted by Gasteiger charge is 2.41. The Kier molecular flexibility index (Phi) is 8.16. The van der Waals surface area contributed by atoms with E-state index in [2.05, 4.69) is 58.2 Å². The summed E-state index contributed by atoms with van der Waals surface area (Å²) in [7, 11) is 0. The molecule has 0 bridgehead atoms. The molecule has 0 radical (unpaired) electrons. The van der Waals surface area contributed by atoms with Crippen molar-refractivity contribution in [1.82, 2.24) is 10.6 Å². The molecule has 7 heteroatoms. The quantitative estimate of drug-likeness (QED) is 0.447. The lowest BCUT2D eigenvalue weighted by Crippen LogP contribution is -2.59. The van der Waals surface area contributed by atoms with Crippen LogP contribution in [-0.2, 0) is 28.3 Å². The standard InChI is InChI=1S/C30H39F3N2O2/c1-27(2,3)23-16-21(17-24(18-23)28(4,5)6)25(36)35-29(13-8-7-9-14-29)26(37)34-19-20-11-10-12-22(15-20)30(31,32)33/h10-12,15-18H,7-9,13-14,19H2,1-6H3,(H,34,37)(H,35,36). The van der Waals surface area contributed by atoms with Gasteiger partial charge in [0.2, 0.25) is 5.91 Å². The monoisotopic (exact) mass is 516 g/mol.